The highest BCUT2D eigenvalue weighted by Gasteiger charge is 2.37. The van der Waals surface area contributed by atoms with Gasteiger partial charge in [0.2, 0.25) is 10.0 Å². The smallest absolute Gasteiger partial charge is 0.320 e. The highest BCUT2D eigenvalue weighted by atomic mass is 32.2. The molecule has 0 saturated carbocycles. The first kappa shape index (κ1) is 13.4. The molecule has 94 valence electrons. The van der Waals surface area contributed by atoms with Crippen LogP contribution in [0.15, 0.2) is 0 Å². The lowest BCUT2D eigenvalue weighted by Gasteiger charge is -2.40. The summed E-state index contributed by atoms with van der Waals surface area (Å²) < 4.78 is 30.2. The van der Waals surface area contributed by atoms with Crippen LogP contribution in [-0.2, 0) is 19.6 Å². The maximum atomic E-state index is 11.7. The van der Waals surface area contributed by atoms with Gasteiger partial charge in [0.05, 0.1) is 11.7 Å². The highest BCUT2D eigenvalue weighted by Crippen LogP contribution is 2.22. The summed E-state index contributed by atoms with van der Waals surface area (Å²) in [6, 6.07) is 0. The van der Waals surface area contributed by atoms with Crippen molar-refractivity contribution in [1.29, 1.82) is 0 Å². The summed E-state index contributed by atoms with van der Waals surface area (Å²) >= 11 is 0. The van der Waals surface area contributed by atoms with E-state index in [9.17, 15) is 13.2 Å². The first-order valence-electron chi connectivity index (χ1n) is 5.00. The zero-order chi connectivity index (χ0) is 12.6. The Labute approximate surface area is 95.2 Å². The van der Waals surface area contributed by atoms with Gasteiger partial charge in [-0.1, -0.05) is 0 Å². The third-order valence-electron chi connectivity index (χ3n) is 2.24. The van der Waals surface area contributed by atoms with Gasteiger partial charge in [0.25, 0.3) is 0 Å². The van der Waals surface area contributed by atoms with E-state index in [1.165, 1.54) is 4.31 Å². The Bertz CT molecular complexity index is 375. The molecule has 7 heteroatoms. The molecule has 0 aromatic rings. The number of nitrogens with zero attached hydrogens (tertiary/aromatic N) is 1. The van der Waals surface area contributed by atoms with Gasteiger partial charge in [0, 0.05) is 13.1 Å². The Balaban J connectivity index is 2.84. The van der Waals surface area contributed by atoms with Crippen LogP contribution < -0.4 is 0 Å². The summed E-state index contributed by atoms with van der Waals surface area (Å²) in [5.41, 5.74) is -0.580. The Morgan fingerprint density at radius 1 is 1.56 bits per heavy atom. The number of sulfonamides is 1. The zero-order valence-electron chi connectivity index (χ0n) is 9.63. The van der Waals surface area contributed by atoms with Crippen LogP contribution in [-0.4, -0.2) is 54.3 Å². The normalized spacial score (nSPS) is 26.6. The minimum absolute atomic E-state index is 0.187. The molecule has 0 aromatic carbocycles. The minimum atomic E-state index is -3.73. The SMILES string of the molecule is CC1CN(S(=O)(=O)CC(=O)O)CC(C)(C)O1. The lowest BCUT2D eigenvalue weighted by Crippen LogP contribution is -2.54. The summed E-state index contributed by atoms with van der Waals surface area (Å²) in [4.78, 5) is 10.5. The third kappa shape index (κ3) is 3.43. The second kappa shape index (κ2) is 4.31. The van der Waals surface area contributed by atoms with Crippen molar-refractivity contribution in [2.24, 2.45) is 0 Å². The lowest BCUT2D eigenvalue weighted by molar-refractivity contribution is -0.134. The van der Waals surface area contributed by atoms with Gasteiger partial charge in [-0.25, -0.2) is 8.42 Å². The highest BCUT2D eigenvalue weighted by molar-refractivity contribution is 7.89. The number of carboxylic acids is 1. The van der Waals surface area contributed by atoms with Crippen molar-refractivity contribution < 1.29 is 23.1 Å². The molecule has 1 heterocycles. The maximum Gasteiger partial charge on any atom is 0.320 e. The second-order valence-electron chi connectivity index (χ2n) is 4.63. The number of aliphatic carboxylic acids is 1. The number of ether oxygens (including phenoxy) is 1. The van der Waals surface area contributed by atoms with Crippen molar-refractivity contribution >= 4 is 16.0 Å². The maximum absolute atomic E-state index is 11.7. The molecule has 0 spiro atoms. The molecule has 1 aliphatic rings. The first-order valence-corrected chi connectivity index (χ1v) is 6.61. The molecule has 1 atom stereocenters. The van der Waals surface area contributed by atoms with Crippen LogP contribution in [0.5, 0.6) is 0 Å². The van der Waals surface area contributed by atoms with E-state index in [0.717, 1.165) is 0 Å². The number of carbonyl (C=O) groups is 1. The molecular weight excluding hydrogens is 234 g/mol. The van der Waals surface area contributed by atoms with Gasteiger partial charge in [-0.05, 0) is 20.8 Å². The van der Waals surface area contributed by atoms with E-state index in [-0.39, 0.29) is 19.2 Å². The van der Waals surface area contributed by atoms with E-state index < -0.39 is 27.3 Å². The second-order valence-corrected chi connectivity index (χ2v) is 6.60. The largest absolute Gasteiger partial charge is 0.480 e. The summed E-state index contributed by atoms with van der Waals surface area (Å²) in [5.74, 6) is -2.20. The molecule has 16 heavy (non-hydrogen) atoms. The molecule has 1 rings (SSSR count). The molecule has 1 fully saturated rings. The average Bonchev–Trinajstić information content (AvgIpc) is 1.96. The minimum Gasteiger partial charge on any atom is -0.480 e. The van der Waals surface area contributed by atoms with Gasteiger partial charge in [-0.3, -0.25) is 4.79 Å². The quantitative estimate of drug-likeness (QED) is 0.757. The third-order valence-corrected chi connectivity index (χ3v) is 3.91. The Morgan fingerprint density at radius 3 is 2.56 bits per heavy atom. The van der Waals surface area contributed by atoms with E-state index in [0.29, 0.717) is 0 Å². The standard InChI is InChI=1S/C9H17NO5S/c1-7-4-10(6-9(2,3)15-7)16(13,14)5-8(11)12/h7H,4-6H2,1-3H3,(H,11,12). The Kier molecular flexibility index (Phi) is 3.61. The van der Waals surface area contributed by atoms with Crippen molar-refractivity contribution in [3.63, 3.8) is 0 Å². The van der Waals surface area contributed by atoms with Gasteiger partial charge in [-0.2, -0.15) is 4.31 Å². The predicted molar refractivity (Wildman–Crippen MR) is 57.6 cm³/mol. The van der Waals surface area contributed by atoms with Crippen molar-refractivity contribution in [3.8, 4) is 0 Å². The number of morpholine rings is 1. The fourth-order valence-corrected chi connectivity index (χ4v) is 3.29. The van der Waals surface area contributed by atoms with Gasteiger partial charge in [0.1, 0.15) is 0 Å². The fraction of sp³-hybridized carbons (Fsp3) is 0.889. The average molecular weight is 251 g/mol. The van der Waals surface area contributed by atoms with Crippen LogP contribution in [0.1, 0.15) is 20.8 Å². The van der Waals surface area contributed by atoms with E-state index in [1.807, 2.05) is 0 Å². The topological polar surface area (TPSA) is 83.9 Å². The summed E-state index contributed by atoms with van der Waals surface area (Å²) in [7, 11) is -3.73. The van der Waals surface area contributed by atoms with E-state index in [2.05, 4.69) is 0 Å². The van der Waals surface area contributed by atoms with Crippen LogP contribution in [0.25, 0.3) is 0 Å². The first-order chi connectivity index (χ1) is 7.12. The summed E-state index contributed by atoms with van der Waals surface area (Å²) in [5, 5.41) is 8.54. The van der Waals surface area contributed by atoms with E-state index >= 15 is 0 Å². The molecule has 6 nitrogen and oxygen atoms in total. The van der Waals surface area contributed by atoms with Gasteiger partial charge in [0.15, 0.2) is 5.75 Å². The van der Waals surface area contributed by atoms with Gasteiger partial charge < -0.3 is 9.84 Å². The monoisotopic (exact) mass is 251 g/mol. The number of hydrogen-bond donors (Lipinski definition) is 1. The fourth-order valence-electron chi connectivity index (χ4n) is 1.85. The molecule has 0 aromatic heterocycles. The molecule has 1 unspecified atom stereocenters. The molecule has 1 saturated heterocycles. The van der Waals surface area contributed by atoms with Crippen LogP contribution in [0.2, 0.25) is 0 Å². The molecule has 1 aliphatic heterocycles. The Hall–Kier alpha value is -0.660. The van der Waals surface area contributed by atoms with Crippen molar-refractivity contribution in [1.82, 2.24) is 4.31 Å². The van der Waals surface area contributed by atoms with Gasteiger partial charge >= 0.3 is 5.97 Å². The van der Waals surface area contributed by atoms with Crippen LogP contribution >= 0.6 is 0 Å². The van der Waals surface area contributed by atoms with Crippen LogP contribution in [0, 0.1) is 0 Å². The lowest BCUT2D eigenvalue weighted by atomic mass is 10.1. The van der Waals surface area contributed by atoms with Crippen LogP contribution in [0.4, 0.5) is 0 Å². The van der Waals surface area contributed by atoms with Crippen LogP contribution in [0.3, 0.4) is 0 Å². The van der Waals surface area contributed by atoms with Crippen molar-refractivity contribution in [2.45, 2.75) is 32.5 Å². The molecular formula is C9H17NO5S. The number of carboxylic acid groups (broad SMARTS) is 1. The molecule has 0 aliphatic carbocycles. The Morgan fingerprint density at radius 2 is 2.12 bits per heavy atom. The van der Waals surface area contributed by atoms with E-state index in [4.69, 9.17) is 9.84 Å². The molecule has 0 amide bonds. The number of rotatable bonds is 3. The van der Waals surface area contributed by atoms with Crippen molar-refractivity contribution in [2.75, 3.05) is 18.8 Å². The molecule has 0 bridgehead atoms. The number of hydrogen-bond acceptors (Lipinski definition) is 4. The summed E-state index contributed by atoms with van der Waals surface area (Å²) in [6.07, 6.45) is -0.229. The summed E-state index contributed by atoms with van der Waals surface area (Å²) in [6.45, 7) is 5.73. The zero-order valence-corrected chi connectivity index (χ0v) is 10.5. The predicted octanol–water partition coefficient (Wildman–Crippen LogP) is -0.0999. The molecule has 0 radical (unpaired) electrons. The van der Waals surface area contributed by atoms with Crippen molar-refractivity contribution in [3.05, 3.63) is 0 Å². The van der Waals surface area contributed by atoms with Gasteiger partial charge in [-0.15, -0.1) is 0 Å². The van der Waals surface area contributed by atoms with E-state index in [1.54, 1.807) is 20.8 Å². The molecule has 1 N–H and O–H groups in total.